The highest BCUT2D eigenvalue weighted by Crippen LogP contribution is 2.27. The van der Waals surface area contributed by atoms with Crippen molar-refractivity contribution in [3.8, 4) is 0 Å². The van der Waals surface area contributed by atoms with Gasteiger partial charge in [0.05, 0.1) is 17.8 Å². The van der Waals surface area contributed by atoms with Crippen molar-refractivity contribution in [2.75, 3.05) is 13.1 Å². The molecule has 1 saturated heterocycles. The number of hydrogen-bond acceptors (Lipinski definition) is 5. The number of rotatable bonds is 3. The van der Waals surface area contributed by atoms with Gasteiger partial charge in [0.2, 0.25) is 5.76 Å². The van der Waals surface area contributed by atoms with Gasteiger partial charge < -0.3 is 14.8 Å². The van der Waals surface area contributed by atoms with Crippen LogP contribution in [0.1, 0.15) is 41.9 Å². The van der Waals surface area contributed by atoms with Crippen molar-refractivity contribution in [1.82, 2.24) is 15.2 Å². The smallest absolute Gasteiger partial charge is 0.289 e. The minimum absolute atomic E-state index is 0.179. The van der Waals surface area contributed by atoms with E-state index in [2.05, 4.69) is 15.2 Å². The van der Waals surface area contributed by atoms with E-state index in [1.165, 1.54) is 19.2 Å². The number of nitrogens with zero attached hydrogens (tertiary/aromatic N) is 2. The molecule has 3 atom stereocenters. The Bertz CT molecular complexity index is 482. The molecule has 1 aliphatic heterocycles. The summed E-state index contributed by atoms with van der Waals surface area (Å²) in [4.78, 5) is 18.3. The maximum absolute atomic E-state index is 12.1. The minimum atomic E-state index is -0.500. The van der Waals surface area contributed by atoms with Crippen LogP contribution in [0.5, 0.6) is 0 Å². The lowest BCUT2D eigenvalue weighted by Gasteiger charge is -2.28. The van der Waals surface area contributed by atoms with Gasteiger partial charge in [0.25, 0.3) is 5.91 Å². The topological polar surface area (TPSA) is 78.6 Å². The Morgan fingerprint density at radius 1 is 1.45 bits per heavy atom. The third-order valence-electron chi connectivity index (χ3n) is 4.46. The largest absolute Gasteiger partial charge is 0.438 e. The number of aliphatic hydroxyl groups is 1. The van der Waals surface area contributed by atoms with Crippen molar-refractivity contribution < 1.29 is 14.3 Å². The summed E-state index contributed by atoms with van der Waals surface area (Å²) in [5.74, 6) is -0.0482. The fourth-order valence-corrected chi connectivity index (χ4v) is 3.34. The number of oxazole rings is 1. The van der Waals surface area contributed by atoms with Gasteiger partial charge in [-0.25, -0.2) is 4.98 Å². The maximum Gasteiger partial charge on any atom is 0.289 e. The summed E-state index contributed by atoms with van der Waals surface area (Å²) >= 11 is 0. The molecule has 2 fully saturated rings. The Morgan fingerprint density at radius 3 is 2.85 bits per heavy atom. The van der Waals surface area contributed by atoms with Gasteiger partial charge in [-0.2, -0.15) is 0 Å². The number of aliphatic hydroxyl groups excluding tert-OH is 1. The average Bonchev–Trinajstić information content (AvgIpc) is 3.12. The lowest BCUT2D eigenvalue weighted by molar-refractivity contribution is 0.0609. The highest BCUT2D eigenvalue weighted by molar-refractivity contribution is 5.92. The first kappa shape index (κ1) is 13.6. The molecule has 1 aromatic rings. The molecule has 110 valence electrons. The number of nitrogens with one attached hydrogen (secondary N) is 1. The van der Waals surface area contributed by atoms with Crippen LogP contribution < -0.4 is 5.32 Å². The lowest BCUT2D eigenvalue weighted by Crippen LogP contribution is -2.47. The van der Waals surface area contributed by atoms with Crippen LogP contribution >= 0.6 is 0 Å². The van der Waals surface area contributed by atoms with Gasteiger partial charge >= 0.3 is 0 Å². The zero-order valence-electron chi connectivity index (χ0n) is 11.7. The number of amides is 1. The zero-order valence-corrected chi connectivity index (χ0v) is 11.7. The number of aromatic nitrogens is 1. The molecule has 20 heavy (non-hydrogen) atoms. The van der Waals surface area contributed by atoms with E-state index >= 15 is 0 Å². The normalized spacial score (nSPS) is 30.8. The first-order valence-electron chi connectivity index (χ1n) is 7.30. The molecular formula is C14H21N3O3. The first-order chi connectivity index (χ1) is 9.66. The van der Waals surface area contributed by atoms with Crippen LogP contribution in [0, 0.1) is 6.92 Å². The van der Waals surface area contributed by atoms with Crippen LogP contribution in [-0.2, 0) is 0 Å². The van der Waals surface area contributed by atoms with E-state index < -0.39 is 6.10 Å². The highest BCUT2D eigenvalue weighted by Gasteiger charge is 2.40. The van der Waals surface area contributed by atoms with E-state index in [1.54, 1.807) is 6.92 Å². The van der Waals surface area contributed by atoms with E-state index in [9.17, 15) is 9.90 Å². The summed E-state index contributed by atoms with van der Waals surface area (Å²) in [6.07, 6.45) is 4.92. The summed E-state index contributed by atoms with van der Waals surface area (Å²) in [5.41, 5.74) is 0.575. The molecule has 1 saturated carbocycles. The van der Waals surface area contributed by atoms with Gasteiger partial charge in [-0.3, -0.25) is 9.69 Å². The predicted octanol–water partition coefficient (Wildman–Crippen LogP) is 0.701. The number of aryl methyl sites for hydroxylation is 1. The number of carbonyl (C=O) groups excluding carboxylic acids is 1. The van der Waals surface area contributed by atoms with Crippen LogP contribution in [0.2, 0.25) is 0 Å². The lowest BCUT2D eigenvalue weighted by atomic mass is 10.1. The van der Waals surface area contributed by atoms with Crippen molar-refractivity contribution in [2.24, 2.45) is 0 Å². The summed E-state index contributed by atoms with van der Waals surface area (Å²) in [6.45, 7) is 3.85. The summed E-state index contributed by atoms with van der Waals surface area (Å²) in [5, 5.41) is 13.3. The molecule has 1 aromatic heterocycles. The standard InChI is InChI=1S/C14H21N3O3/c1-9-13(20-8-15-9)14(19)16-10-4-5-11(12(10)18)17-6-2-3-7-17/h8,10-12,18H,2-7H2,1H3,(H,16,19)/t10-,11-,12-/m1/s1. The van der Waals surface area contributed by atoms with Crippen molar-refractivity contribution in [2.45, 2.75) is 50.8 Å². The second-order valence-corrected chi connectivity index (χ2v) is 5.73. The van der Waals surface area contributed by atoms with Crippen molar-refractivity contribution in [3.63, 3.8) is 0 Å². The monoisotopic (exact) mass is 279 g/mol. The molecule has 3 rings (SSSR count). The van der Waals surface area contributed by atoms with Crippen molar-refractivity contribution in [3.05, 3.63) is 17.8 Å². The second-order valence-electron chi connectivity index (χ2n) is 5.73. The quantitative estimate of drug-likeness (QED) is 0.851. The molecule has 0 bridgehead atoms. The zero-order chi connectivity index (χ0) is 14.1. The van der Waals surface area contributed by atoms with E-state index in [0.717, 1.165) is 25.9 Å². The molecule has 0 unspecified atom stereocenters. The van der Waals surface area contributed by atoms with Gasteiger partial charge in [-0.05, 0) is 45.7 Å². The number of carbonyl (C=O) groups is 1. The van der Waals surface area contributed by atoms with Gasteiger partial charge in [0, 0.05) is 6.04 Å². The minimum Gasteiger partial charge on any atom is -0.438 e. The first-order valence-corrected chi connectivity index (χ1v) is 7.30. The molecule has 1 aliphatic carbocycles. The third-order valence-corrected chi connectivity index (χ3v) is 4.46. The van der Waals surface area contributed by atoms with Gasteiger partial charge in [-0.15, -0.1) is 0 Å². The molecule has 1 amide bonds. The Morgan fingerprint density at radius 2 is 2.20 bits per heavy atom. The van der Waals surface area contributed by atoms with E-state index in [-0.39, 0.29) is 23.8 Å². The van der Waals surface area contributed by atoms with Crippen molar-refractivity contribution >= 4 is 5.91 Å². The third kappa shape index (κ3) is 2.45. The Balaban J connectivity index is 1.61. The van der Waals surface area contributed by atoms with Crippen LogP contribution in [-0.4, -0.2) is 52.2 Å². The van der Waals surface area contributed by atoms with Gasteiger partial charge in [0.1, 0.15) is 0 Å². The summed E-state index contributed by atoms with van der Waals surface area (Å²) < 4.78 is 5.08. The van der Waals surface area contributed by atoms with E-state index in [4.69, 9.17) is 4.42 Å². The maximum atomic E-state index is 12.1. The van der Waals surface area contributed by atoms with Crippen LogP contribution in [0.4, 0.5) is 0 Å². The summed E-state index contributed by atoms with van der Waals surface area (Å²) in [7, 11) is 0. The predicted molar refractivity (Wildman–Crippen MR) is 72.3 cm³/mol. The van der Waals surface area contributed by atoms with Crippen LogP contribution in [0.25, 0.3) is 0 Å². The SMILES string of the molecule is Cc1ncoc1C(=O)N[C@@H]1CC[C@@H](N2CCCC2)[C@@H]1O. The van der Waals surface area contributed by atoms with Crippen molar-refractivity contribution in [1.29, 1.82) is 0 Å². The molecular weight excluding hydrogens is 258 g/mol. The van der Waals surface area contributed by atoms with Gasteiger partial charge in [0.15, 0.2) is 6.39 Å². The molecule has 2 heterocycles. The fourth-order valence-electron chi connectivity index (χ4n) is 3.34. The molecule has 2 N–H and O–H groups in total. The van der Waals surface area contributed by atoms with Gasteiger partial charge in [-0.1, -0.05) is 0 Å². The van der Waals surface area contributed by atoms with Crippen LogP contribution in [0.15, 0.2) is 10.8 Å². The fraction of sp³-hybridized carbons (Fsp3) is 0.714. The second kappa shape index (κ2) is 5.54. The molecule has 0 spiro atoms. The molecule has 6 heteroatoms. The Labute approximate surface area is 118 Å². The molecule has 2 aliphatic rings. The average molecular weight is 279 g/mol. The summed E-state index contributed by atoms with van der Waals surface area (Å²) in [6, 6.07) is -0.0174. The molecule has 6 nitrogen and oxygen atoms in total. The molecule has 0 aromatic carbocycles. The Hall–Kier alpha value is -1.40. The number of hydrogen-bond donors (Lipinski definition) is 2. The molecule has 0 radical (unpaired) electrons. The number of likely N-dealkylation sites (tertiary alicyclic amines) is 1. The Kier molecular flexibility index (Phi) is 3.76. The van der Waals surface area contributed by atoms with E-state index in [1.807, 2.05) is 0 Å². The van der Waals surface area contributed by atoms with Crippen LogP contribution in [0.3, 0.4) is 0 Å². The van der Waals surface area contributed by atoms with E-state index in [0.29, 0.717) is 5.69 Å². The highest BCUT2D eigenvalue weighted by atomic mass is 16.3.